The zero-order valence-corrected chi connectivity index (χ0v) is 18.8. The van der Waals surface area contributed by atoms with Crippen molar-refractivity contribution in [1.29, 1.82) is 0 Å². The van der Waals surface area contributed by atoms with E-state index in [4.69, 9.17) is 4.74 Å². The number of hydrogen-bond acceptors (Lipinski definition) is 5. The third-order valence-electron chi connectivity index (χ3n) is 5.56. The van der Waals surface area contributed by atoms with Crippen molar-refractivity contribution >= 4 is 21.7 Å². The molecule has 0 unspecified atom stereocenters. The molecule has 1 saturated heterocycles. The molecule has 0 N–H and O–H groups in total. The summed E-state index contributed by atoms with van der Waals surface area (Å²) in [6, 6.07) is 23.7. The molecule has 7 heteroatoms. The van der Waals surface area contributed by atoms with Gasteiger partial charge >= 0.3 is 5.97 Å². The van der Waals surface area contributed by atoms with Crippen LogP contribution in [0.25, 0.3) is 0 Å². The molecule has 1 aliphatic rings. The standard InChI is InChI=1S/C25H26N2O4S/c1-20-10-12-21(13-11-20)19-31-25(28)22-6-5-9-24(18-22)32(29,30)27-16-14-26(15-17-27)23-7-3-2-4-8-23/h2-13,18H,14-17,19H2,1H3. The summed E-state index contributed by atoms with van der Waals surface area (Å²) in [6.07, 6.45) is 0. The average Bonchev–Trinajstić information content (AvgIpc) is 2.84. The number of nitrogens with zero attached hydrogens (tertiary/aromatic N) is 2. The smallest absolute Gasteiger partial charge is 0.338 e. The van der Waals surface area contributed by atoms with Crippen molar-refractivity contribution in [3.05, 3.63) is 95.6 Å². The van der Waals surface area contributed by atoms with Gasteiger partial charge < -0.3 is 9.64 Å². The van der Waals surface area contributed by atoms with Gasteiger partial charge in [0.15, 0.2) is 0 Å². The molecule has 1 fully saturated rings. The lowest BCUT2D eigenvalue weighted by atomic mass is 10.2. The predicted molar refractivity (Wildman–Crippen MR) is 124 cm³/mol. The Morgan fingerprint density at radius 3 is 2.25 bits per heavy atom. The Balaban J connectivity index is 1.41. The van der Waals surface area contributed by atoms with Crippen LogP contribution in [0.15, 0.2) is 83.8 Å². The monoisotopic (exact) mass is 450 g/mol. The van der Waals surface area contributed by atoms with Crippen LogP contribution in [0.5, 0.6) is 0 Å². The van der Waals surface area contributed by atoms with E-state index in [-0.39, 0.29) is 17.1 Å². The van der Waals surface area contributed by atoms with Gasteiger partial charge in [0, 0.05) is 31.9 Å². The number of anilines is 1. The molecule has 0 bridgehead atoms. The maximum atomic E-state index is 13.2. The molecule has 0 radical (unpaired) electrons. The van der Waals surface area contributed by atoms with Crippen LogP contribution in [-0.2, 0) is 21.4 Å². The van der Waals surface area contributed by atoms with E-state index in [1.807, 2.05) is 61.5 Å². The molecule has 0 aliphatic carbocycles. The molecule has 3 aromatic carbocycles. The lowest BCUT2D eigenvalue weighted by molar-refractivity contribution is 0.0472. The van der Waals surface area contributed by atoms with E-state index in [1.165, 1.54) is 16.4 Å². The fraction of sp³-hybridized carbons (Fsp3) is 0.240. The third-order valence-corrected chi connectivity index (χ3v) is 7.45. The number of rotatable bonds is 6. The normalized spacial score (nSPS) is 14.8. The molecule has 166 valence electrons. The molecule has 3 aromatic rings. The number of esters is 1. The molecule has 1 aliphatic heterocycles. The Bertz CT molecular complexity index is 1170. The Labute approximate surface area is 189 Å². The largest absolute Gasteiger partial charge is 0.457 e. The second kappa shape index (κ2) is 9.54. The van der Waals surface area contributed by atoms with Crippen LogP contribution in [0.1, 0.15) is 21.5 Å². The molecule has 1 heterocycles. The van der Waals surface area contributed by atoms with Crippen LogP contribution in [0, 0.1) is 6.92 Å². The first kappa shape index (κ1) is 22.0. The van der Waals surface area contributed by atoms with Gasteiger partial charge in [-0.1, -0.05) is 54.1 Å². The highest BCUT2D eigenvalue weighted by atomic mass is 32.2. The summed E-state index contributed by atoms with van der Waals surface area (Å²) < 4.78 is 33.2. The van der Waals surface area contributed by atoms with E-state index >= 15 is 0 Å². The predicted octanol–water partition coefficient (Wildman–Crippen LogP) is 3.86. The lowest BCUT2D eigenvalue weighted by Crippen LogP contribution is -2.48. The van der Waals surface area contributed by atoms with Gasteiger partial charge in [0.2, 0.25) is 10.0 Å². The fourth-order valence-corrected chi connectivity index (χ4v) is 5.14. The van der Waals surface area contributed by atoms with Gasteiger partial charge in [0.1, 0.15) is 6.61 Å². The molecule has 0 atom stereocenters. The van der Waals surface area contributed by atoms with E-state index in [0.717, 1.165) is 16.8 Å². The minimum Gasteiger partial charge on any atom is -0.457 e. The molecule has 32 heavy (non-hydrogen) atoms. The van der Waals surface area contributed by atoms with Crippen molar-refractivity contribution < 1.29 is 17.9 Å². The highest BCUT2D eigenvalue weighted by Crippen LogP contribution is 2.22. The first-order valence-corrected chi connectivity index (χ1v) is 12.0. The molecular weight excluding hydrogens is 424 g/mol. The molecular formula is C25H26N2O4S. The number of piperazine rings is 1. The highest BCUT2D eigenvalue weighted by Gasteiger charge is 2.29. The fourth-order valence-electron chi connectivity index (χ4n) is 3.67. The Morgan fingerprint density at radius 2 is 1.56 bits per heavy atom. The van der Waals surface area contributed by atoms with Gasteiger partial charge in [0.05, 0.1) is 10.5 Å². The summed E-state index contributed by atoms with van der Waals surface area (Å²) in [6.45, 7) is 4.13. The van der Waals surface area contributed by atoms with E-state index in [0.29, 0.717) is 26.2 Å². The zero-order valence-electron chi connectivity index (χ0n) is 18.0. The van der Waals surface area contributed by atoms with Gasteiger partial charge in [-0.3, -0.25) is 0 Å². The number of aryl methyl sites for hydroxylation is 1. The number of para-hydroxylation sites is 1. The van der Waals surface area contributed by atoms with Crippen molar-refractivity contribution in [2.45, 2.75) is 18.4 Å². The number of hydrogen-bond donors (Lipinski definition) is 0. The first-order chi connectivity index (χ1) is 15.4. The van der Waals surface area contributed by atoms with Crippen molar-refractivity contribution in [2.24, 2.45) is 0 Å². The molecule has 6 nitrogen and oxygen atoms in total. The minimum absolute atomic E-state index is 0.107. The van der Waals surface area contributed by atoms with E-state index in [9.17, 15) is 13.2 Å². The Hall–Kier alpha value is -3.16. The second-order valence-electron chi connectivity index (χ2n) is 7.82. The first-order valence-electron chi connectivity index (χ1n) is 10.6. The molecule has 0 saturated carbocycles. The third kappa shape index (κ3) is 5.00. The second-order valence-corrected chi connectivity index (χ2v) is 9.75. The summed E-state index contributed by atoms with van der Waals surface area (Å²) in [4.78, 5) is 14.8. The number of ether oxygens (including phenoxy) is 1. The summed E-state index contributed by atoms with van der Waals surface area (Å²) in [5.74, 6) is -0.545. The molecule has 4 rings (SSSR count). The Morgan fingerprint density at radius 1 is 0.875 bits per heavy atom. The van der Waals surface area contributed by atoms with E-state index in [2.05, 4.69) is 4.90 Å². The Kier molecular flexibility index (Phi) is 6.58. The van der Waals surface area contributed by atoms with Crippen LogP contribution in [0.2, 0.25) is 0 Å². The SMILES string of the molecule is Cc1ccc(COC(=O)c2cccc(S(=O)(=O)N3CCN(c4ccccc4)CC3)c2)cc1. The summed E-state index contributed by atoms with van der Waals surface area (Å²) in [5, 5.41) is 0. The number of sulfonamides is 1. The number of benzene rings is 3. The van der Waals surface area contributed by atoms with Crippen LogP contribution in [0.3, 0.4) is 0 Å². The minimum atomic E-state index is -3.70. The summed E-state index contributed by atoms with van der Waals surface area (Å²) >= 11 is 0. The molecule has 0 amide bonds. The molecule has 0 spiro atoms. The van der Waals surface area contributed by atoms with Crippen LogP contribution in [-0.4, -0.2) is 44.9 Å². The highest BCUT2D eigenvalue weighted by molar-refractivity contribution is 7.89. The number of carbonyl (C=O) groups is 1. The van der Waals surface area contributed by atoms with Crippen molar-refractivity contribution in [2.75, 3.05) is 31.1 Å². The zero-order chi connectivity index (χ0) is 22.6. The van der Waals surface area contributed by atoms with Crippen molar-refractivity contribution in [3.8, 4) is 0 Å². The number of carbonyl (C=O) groups excluding carboxylic acids is 1. The quantitative estimate of drug-likeness (QED) is 0.534. The summed E-state index contributed by atoms with van der Waals surface area (Å²) in [5.41, 5.74) is 3.32. The van der Waals surface area contributed by atoms with Crippen LogP contribution >= 0.6 is 0 Å². The van der Waals surface area contributed by atoms with E-state index in [1.54, 1.807) is 12.1 Å². The van der Waals surface area contributed by atoms with Gasteiger partial charge in [-0.25, -0.2) is 13.2 Å². The van der Waals surface area contributed by atoms with E-state index < -0.39 is 16.0 Å². The molecule has 0 aromatic heterocycles. The van der Waals surface area contributed by atoms with Gasteiger partial charge in [0.25, 0.3) is 0 Å². The maximum absolute atomic E-state index is 13.2. The van der Waals surface area contributed by atoms with Crippen LogP contribution in [0.4, 0.5) is 5.69 Å². The van der Waals surface area contributed by atoms with Gasteiger partial charge in [-0.05, 0) is 42.8 Å². The lowest BCUT2D eigenvalue weighted by Gasteiger charge is -2.35. The summed E-state index contributed by atoms with van der Waals surface area (Å²) in [7, 11) is -3.70. The topological polar surface area (TPSA) is 66.9 Å². The van der Waals surface area contributed by atoms with Crippen molar-refractivity contribution in [1.82, 2.24) is 4.31 Å². The average molecular weight is 451 g/mol. The van der Waals surface area contributed by atoms with Crippen LogP contribution < -0.4 is 4.90 Å². The maximum Gasteiger partial charge on any atom is 0.338 e. The van der Waals surface area contributed by atoms with Gasteiger partial charge in [-0.2, -0.15) is 4.31 Å². The van der Waals surface area contributed by atoms with Crippen molar-refractivity contribution in [3.63, 3.8) is 0 Å². The van der Waals surface area contributed by atoms with Gasteiger partial charge in [-0.15, -0.1) is 0 Å².